The molecule has 0 saturated carbocycles. The van der Waals surface area contributed by atoms with Crippen LogP contribution in [0.4, 0.5) is 0 Å². The number of fused-ring (bicyclic) bond motifs is 1. The summed E-state index contributed by atoms with van der Waals surface area (Å²) in [7, 11) is 0. The van der Waals surface area contributed by atoms with Crippen LogP contribution in [0.1, 0.15) is 55.1 Å². The maximum Gasteiger partial charge on any atom is 0.259 e. The maximum atomic E-state index is 12.7. The van der Waals surface area contributed by atoms with Gasteiger partial charge in [-0.1, -0.05) is 50.1 Å². The highest BCUT2D eigenvalue weighted by Gasteiger charge is 2.17. The third-order valence-electron chi connectivity index (χ3n) is 5.11. The van der Waals surface area contributed by atoms with Crippen LogP contribution in [0.3, 0.4) is 0 Å². The first kappa shape index (κ1) is 20.1. The summed E-state index contributed by atoms with van der Waals surface area (Å²) in [6.07, 6.45) is 2.03. The first-order valence-corrected chi connectivity index (χ1v) is 10.6. The number of rotatable bonds is 7. The summed E-state index contributed by atoms with van der Waals surface area (Å²) in [4.78, 5) is 22.4. The first-order valence-electron chi connectivity index (χ1n) is 9.39. The van der Waals surface area contributed by atoms with E-state index in [1.54, 1.807) is 11.3 Å². The second kappa shape index (κ2) is 8.55. The largest absolute Gasteiger partial charge is 0.309 e. The van der Waals surface area contributed by atoms with Crippen LogP contribution in [0.25, 0.3) is 10.2 Å². The van der Waals surface area contributed by atoms with Crippen molar-refractivity contribution in [1.29, 1.82) is 0 Å². The Kier molecular flexibility index (Phi) is 6.35. The van der Waals surface area contributed by atoms with Crippen molar-refractivity contribution in [2.24, 2.45) is 5.92 Å². The zero-order valence-electron chi connectivity index (χ0n) is 16.2. The van der Waals surface area contributed by atoms with E-state index in [2.05, 4.69) is 38.0 Å². The summed E-state index contributed by atoms with van der Waals surface area (Å²) in [6, 6.07) is 7.84. The van der Waals surface area contributed by atoms with Crippen LogP contribution in [0.15, 0.2) is 29.1 Å². The molecule has 2 aromatic heterocycles. The molecule has 0 unspecified atom stereocenters. The van der Waals surface area contributed by atoms with Crippen molar-refractivity contribution >= 4 is 33.2 Å². The first-order chi connectivity index (χ1) is 12.9. The molecule has 2 N–H and O–H groups in total. The van der Waals surface area contributed by atoms with Crippen molar-refractivity contribution in [3.8, 4) is 0 Å². The van der Waals surface area contributed by atoms with E-state index in [1.165, 1.54) is 4.88 Å². The zero-order chi connectivity index (χ0) is 19.6. The predicted molar refractivity (Wildman–Crippen MR) is 115 cm³/mol. The van der Waals surface area contributed by atoms with Crippen LogP contribution in [-0.4, -0.2) is 9.97 Å². The van der Waals surface area contributed by atoms with Gasteiger partial charge in [-0.3, -0.25) is 4.79 Å². The highest BCUT2D eigenvalue weighted by Crippen LogP contribution is 2.29. The smallest absolute Gasteiger partial charge is 0.259 e. The van der Waals surface area contributed by atoms with E-state index in [0.29, 0.717) is 18.3 Å². The minimum atomic E-state index is -0.0372. The van der Waals surface area contributed by atoms with Gasteiger partial charge in [0.25, 0.3) is 5.56 Å². The number of aryl methyl sites for hydroxylation is 1. The Balaban J connectivity index is 1.83. The number of hydrogen-bond donors (Lipinski definition) is 2. The molecular formula is C21H26ClN3OS. The van der Waals surface area contributed by atoms with Crippen LogP contribution >= 0.6 is 22.9 Å². The highest BCUT2D eigenvalue weighted by molar-refractivity contribution is 7.18. The fourth-order valence-corrected chi connectivity index (χ4v) is 4.60. The molecule has 2 atom stereocenters. The molecule has 4 nitrogen and oxygen atoms in total. The number of nitrogens with one attached hydrogen (secondary N) is 2. The number of nitrogens with zero attached hydrogens (tertiary/aromatic N) is 1. The van der Waals surface area contributed by atoms with Crippen molar-refractivity contribution in [3.05, 3.63) is 61.5 Å². The third kappa shape index (κ3) is 4.42. The van der Waals surface area contributed by atoms with Gasteiger partial charge in [-0.05, 0) is 43.4 Å². The van der Waals surface area contributed by atoms with Gasteiger partial charge in [0.2, 0.25) is 0 Å². The van der Waals surface area contributed by atoms with Crippen LogP contribution in [-0.2, 0) is 13.0 Å². The zero-order valence-corrected chi connectivity index (χ0v) is 17.8. The molecular weight excluding hydrogens is 378 g/mol. The van der Waals surface area contributed by atoms with Crippen molar-refractivity contribution in [1.82, 2.24) is 15.3 Å². The normalized spacial score (nSPS) is 13.8. The van der Waals surface area contributed by atoms with E-state index >= 15 is 0 Å². The number of halogens is 1. The van der Waals surface area contributed by atoms with Gasteiger partial charge in [-0.25, -0.2) is 4.98 Å². The molecule has 0 bridgehead atoms. The molecule has 6 heteroatoms. The molecule has 144 valence electrons. The number of hydrogen-bond acceptors (Lipinski definition) is 4. The van der Waals surface area contributed by atoms with Gasteiger partial charge in [-0.15, -0.1) is 11.3 Å². The average Bonchev–Trinajstić information content (AvgIpc) is 2.95. The molecule has 2 heterocycles. The summed E-state index contributed by atoms with van der Waals surface area (Å²) in [6.45, 7) is 9.02. The molecule has 0 aliphatic carbocycles. The monoisotopic (exact) mass is 403 g/mol. The van der Waals surface area contributed by atoms with E-state index in [1.807, 2.05) is 24.3 Å². The fraction of sp³-hybridized carbons (Fsp3) is 0.429. The van der Waals surface area contributed by atoms with Gasteiger partial charge >= 0.3 is 0 Å². The van der Waals surface area contributed by atoms with Crippen LogP contribution < -0.4 is 10.9 Å². The lowest BCUT2D eigenvalue weighted by atomic mass is 9.98. The SMILES string of the molecule is CC[C@@H](C)Cc1c(C)sc2nc(CN[C@H](C)c3ccccc3Cl)[nH]c(=O)c12. The number of aromatic amines is 1. The quantitative estimate of drug-likeness (QED) is 0.556. The van der Waals surface area contributed by atoms with E-state index in [9.17, 15) is 4.79 Å². The second-order valence-electron chi connectivity index (χ2n) is 7.17. The Morgan fingerprint density at radius 1 is 1.30 bits per heavy atom. The van der Waals surface area contributed by atoms with Crippen LogP contribution in [0, 0.1) is 12.8 Å². The van der Waals surface area contributed by atoms with E-state index in [-0.39, 0.29) is 11.6 Å². The second-order valence-corrected chi connectivity index (χ2v) is 8.78. The molecule has 0 aliphatic heterocycles. The Bertz CT molecular complexity index is 995. The summed E-state index contributed by atoms with van der Waals surface area (Å²) < 4.78 is 0. The van der Waals surface area contributed by atoms with Crippen molar-refractivity contribution in [2.75, 3.05) is 0 Å². The van der Waals surface area contributed by atoms with E-state index < -0.39 is 0 Å². The molecule has 3 rings (SSSR count). The standard InChI is InChI=1S/C21H26ClN3OS/c1-5-12(2)10-16-14(4)27-21-19(16)20(26)24-18(25-21)11-23-13(3)15-8-6-7-9-17(15)22/h6-9,12-13,23H,5,10-11H2,1-4H3,(H,24,25,26)/t12-,13-/m1/s1. The Morgan fingerprint density at radius 2 is 2.04 bits per heavy atom. The van der Waals surface area contributed by atoms with Crippen LogP contribution in [0.5, 0.6) is 0 Å². The number of aromatic nitrogens is 2. The summed E-state index contributed by atoms with van der Waals surface area (Å²) >= 11 is 7.88. The van der Waals surface area contributed by atoms with Gasteiger partial charge in [0, 0.05) is 15.9 Å². The lowest BCUT2D eigenvalue weighted by Gasteiger charge is -2.15. The van der Waals surface area contributed by atoms with Gasteiger partial charge in [-0.2, -0.15) is 0 Å². The topological polar surface area (TPSA) is 57.8 Å². The molecule has 0 aliphatic rings. The maximum absolute atomic E-state index is 12.7. The average molecular weight is 404 g/mol. The summed E-state index contributed by atoms with van der Waals surface area (Å²) in [5, 5.41) is 4.90. The minimum Gasteiger partial charge on any atom is -0.309 e. The molecule has 27 heavy (non-hydrogen) atoms. The molecule has 0 amide bonds. The van der Waals surface area contributed by atoms with Crippen molar-refractivity contribution in [2.45, 2.75) is 53.1 Å². The lowest BCUT2D eigenvalue weighted by molar-refractivity contribution is 0.558. The highest BCUT2D eigenvalue weighted by atomic mass is 35.5. The Morgan fingerprint density at radius 3 is 2.74 bits per heavy atom. The number of benzene rings is 1. The summed E-state index contributed by atoms with van der Waals surface area (Å²) in [5.41, 5.74) is 2.15. The number of thiophene rings is 1. The van der Waals surface area contributed by atoms with E-state index in [0.717, 1.165) is 39.2 Å². The number of H-pyrrole nitrogens is 1. The third-order valence-corrected chi connectivity index (χ3v) is 6.49. The van der Waals surface area contributed by atoms with Crippen molar-refractivity contribution < 1.29 is 0 Å². The summed E-state index contributed by atoms with van der Waals surface area (Å²) in [5.74, 6) is 1.21. The Labute approximate surface area is 169 Å². The van der Waals surface area contributed by atoms with Gasteiger partial charge in [0.1, 0.15) is 10.7 Å². The molecule has 0 spiro atoms. The van der Waals surface area contributed by atoms with Gasteiger partial charge < -0.3 is 10.3 Å². The fourth-order valence-electron chi connectivity index (χ4n) is 3.23. The predicted octanol–water partition coefficient (Wildman–Crippen LogP) is 5.39. The van der Waals surface area contributed by atoms with Gasteiger partial charge in [0.05, 0.1) is 11.9 Å². The Hall–Kier alpha value is -1.69. The van der Waals surface area contributed by atoms with Gasteiger partial charge in [0.15, 0.2) is 0 Å². The minimum absolute atomic E-state index is 0.0372. The molecule has 0 radical (unpaired) electrons. The lowest BCUT2D eigenvalue weighted by Crippen LogP contribution is -2.22. The van der Waals surface area contributed by atoms with Crippen LogP contribution in [0.2, 0.25) is 5.02 Å². The molecule has 3 aromatic rings. The molecule has 0 fully saturated rings. The van der Waals surface area contributed by atoms with Crippen molar-refractivity contribution in [3.63, 3.8) is 0 Å². The molecule has 1 aromatic carbocycles. The van der Waals surface area contributed by atoms with E-state index in [4.69, 9.17) is 16.6 Å². The molecule has 0 saturated heterocycles.